The molecule has 5 nitrogen and oxygen atoms in total. The van der Waals surface area contributed by atoms with Crippen LogP contribution in [0.3, 0.4) is 0 Å². The number of carbonyl (C=O) groups excluding carboxylic acids is 2. The van der Waals surface area contributed by atoms with Crippen LogP contribution in [0.4, 0.5) is 0 Å². The number of ether oxygens (including phenoxy) is 1. The van der Waals surface area contributed by atoms with Crippen molar-refractivity contribution in [2.45, 2.75) is 0 Å². The van der Waals surface area contributed by atoms with E-state index in [-0.39, 0.29) is 0 Å². The Morgan fingerprint density at radius 3 is 2.40 bits per heavy atom. The molecule has 0 aliphatic rings. The first-order valence-electron chi connectivity index (χ1n) is 2.34. The second kappa shape index (κ2) is 4.37. The van der Waals surface area contributed by atoms with E-state index < -0.39 is 11.9 Å². The molecule has 0 aliphatic carbocycles. The molecule has 0 rings (SSSR count). The first-order chi connectivity index (χ1) is 4.70. The first-order valence-corrected chi connectivity index (χ1v) is 2.34. The summed E-state index contributed by atoms with van der Waals surface area (Å²) in [6.07, 6.45) is 1.56. The molecule has 1 amide bonds. The second-order valence-electron chi connectivity index (χ2n) is 1.29. The van der Waals surface area contributed by atoms with Crippen molar-refractivity contribution >= 4 is 11.9 Å². The number of amides is 1. The van der Waals surface area contributed by atoms with E-state index in [0.29, 0.717) is 0 Å². The van der Waals surface area contributed by atoms with Gasteiger partial charge in [-0.3, -0.25) is 4.79 Å². The highest BCUT2D eigenvalue weighted by molar-refractivity contribution is 5.94. The average Bonchev–Trinajstić information content (AvgIpc) is 1.99. The second-order valence-corrected chi connectivity index (χ2v) is 1.29. The van der Waals surface area contributed by atoms with E-state index in [1.807, 2.05) is 5.18 Å². The predicted molar refractivity (Wildman–Crippen MR) is 32.0 cm³/mol. The fourth-order valence-electron chi connectivity index (χ4n) is 0.238. The third kappa shape index (κ3) is 3.48. The van der Waals surface area contributed by atoms with Crippen LogP contribution in [0.15, 0.2) is 17.3 Å². The monoisotopic (exact) mass is 143 g/mol. The highest BCUT2D eigenvalue weighted by Gasteiger charge is 1.94. The van der Waals surface area contributed by atoms with Gasteiger partial charge in [-0.1, -0.05) is 0 Å². The topological polar surface area (TPSA) is 72.8 Å². The van der Waals surface area contributed by atoms with E-state index in [9.17, 15) is 14.5 Å². The normalized spacial score (nSPS) is 9.30. The van der Waals surface area contributed by atoms with Gasteiger partial charge in [-0.05, 0) is 0 Å². The maximum absolute atomic E-state index is 10.2. The lowest BCUT2D eigenvalue weighted by Gasteiger charge is -1.85. The molecule has 0 saturated heterocycles. The molecule has 0 spiro atoms. The van der Waals surface area contributed by atoms with Crippen molar-refractivity contribution in [3.05, 3.63) is 17.1 Å². The van der Waals surface area contributed by atoms with Crippen LogP contribution in [-0.2, 0) is 14.3 Å². The summed E-state index contributed by atoms with van der Waals surface area (Å²) in [7, 11) is 1.16. The predicted octanol–water partition coefficient (Wildman–Crippen LogP) is 0.00860. The molecule has 10 heavy (non-hydrogen) atoms. The molecule has 0 radical (unpaired) electrons. The lowest BCUT2D eigenvalue weighted by atomic mass is 10.5. The number of hydrogen-bond acceptors (Lipinski definition) is 4. The van der Waals surface area contributed by atoms with Crippen molar-refractivity contribution in [3.63, 3.8) is 0 Å². The van der Waals surface area contributed by atoms with Gasteiger partial charge in [0.05, 0.1) is 7.11 Å². The fraction of sp³-hybridized carbons (Fsp3) is 0.200. The summed E-state index contributed by atoms with van der Waals surface area (Å²) in [4.78, 5) is 29.7. The molecule has 0 fully saturated rings. The van der Waals surface area contributed by atoms with Crippen molar-refractivity contribution in [2.75, 3.05) is 7.11 Å². The lowest BCUT2D eigenvalue weighted by molar-refractivity contribution is -0.135. The minimum absolute atomic E-state index is 0.697. The Kier molecular flexibility index (Phi) is 3.70. The Morgan fingerprint density at radius 2 is 2.00 bits per heavy atom. The molecular formula is C5H5NO4. The van der Waals surface area contributed by atoms with Gasteiger partial charge in [-0.25, -0.2) is 4.79 Å². The summed E-state index contributed by atoms with van der Waals surface area (Å²) in [6, 6.07) is 0. The van der Waals surface area contributed by atoms with Gasteiger partial charge in [0.2, 0.25) is 0 Å². The maximum Gasteiger partial charge on any atom is 0.330 e. The molecule has 0 aromatic carbocycles. The Bertz CT molecular complexity index is 184. The highest BCUT2D eigenvalue weighted by atomic mass is 16.5. The van der Waals surface area contributed by atoms with Crippen LogP contribution in [0.25, 0.3) is 0 Å². The van der Waals surface area contributed by atoms with Gasteiger partial charge in [0.25, 0.3) is 0 Å². The third-order valence-corrected chi connectivity index (χ3v) is 0.653. The summed E-state index contributed by atoms with van der Waals surface area (Å²) >= 11 is 0. The zero-order valence-electron chi connectivity index (χ0n) is 5.23. The number of methoxy groups -OCH3 is 1. The number of rotatable bonds is 2. The SMILES string of the molecule is COC(=O)/C=C/C(=O)N=O. The lowest BCUT2D eigenvalue weighted by Crippen LogP contribution is -1.95. The molecule has 0 bridgehead atoms. The number of carbonyl (C=O) groups is 2. The van der Waals surface area contributed by atoms with Gasteiger partial charge in [0.1, 0.15) is 0 Å². The van der Waals surface area contributed by atoms with Crippen molar-refractivity contribution in [1.82, 2.24) is 0 Å². The number of esters is 1. The fourth-order valence-corrected chi connectivity index (χ4v) is 0.238. The first kappa shape index (κ1) is 8.48. The van der Waals surface area contributed by atoms with Gasteiger partial charge < -0.3 is 4.74 Å². The zero-order valence-corrected chi connectivity index (χ0v) is 5.23. The molecule has 0 saturated carbocycles. The molecule has 0 heterocycles. The van der Waals surface area contributed by atoms with Crippen LogP contribution in [0.2, 0.25) is 0 Å². The molecule has 54 valence electrons. The van der Waals surface area contributed by atoms with Gasteiger partial charge in [-0.15, -0.1) is 4.91 Å². The molecule has 0 aromatic rings. The molecule has 0 aliphatic heterocycles. The summed E-state index contributed by atoms with van der Waals surface area (Å²) in [5.74, 6) is -1.71. The Hall–Kier alpha value is -1.52. The van der Waals surface area contributed by atoms with E-state index in [1.165, 1.54) is 0 Å². The molecule has 0 atom stereocenters. The van der Waals surface area contributed by atoms with Crippen molar-refractivity contribution in [1.29, 1.82) is 0 Å². The van der Waals surface area contributed by atoms with E-state index in [1.54, 1.807) is 0 Å². The smallest absolute Gasteiger partial charge is 0.330 e. The Labute approximate surface area is 56.6 Å². The van der Waals surface area contributed by atoms with Crippen LogP contribution in [-0.4, -0.2) is 19.0 Å². The summed E-state index contributed by atoms with van der Waals surface area (Å²) in [6.45, 7) is 0. The molecule has 0 N–H and O–H groups in total. The minimum Gasteiger partial charge on any atom is -0.466 e. The van der Waals surface area contributed by atoms with Gasteiger partial charge in [0.15, 0.2) is 0 Å². The van der Waals surface area contributed by atoms with Crippen LogP contribution in [0.5, 0.6) is 0 Å². The van der Waals surface area contributed by atoms with Crippen molar-refractivity contribution in [3.8, 4) is 0 Å². The van der Waals surface area contributed by atoms with Crippen molar-refractivity contribution < 1.29 is 14.3 Å². The standard InChI is InChI=1S/C5H5NO4/c1-10-5(8)3-2-4(7)6-9/h2-3H,1H3/b3-2+. The molecule has 5 heteroatoms. The van der Waals surface area contributed by atoms with Crippen molar-refractivity contribution in [2.24, 2.45) is 5.18 Å². The summed E-state index contributed by atoms with van der Waals surface area (Å²) < 4.78 is 4.12. The molecule has 0 aromatic heterocycles. The Balaban J connectivity index is 3.87. The van der Waals surface area contributed by atoms with E-state index >= 15 is 0 Å². The van der Waals surface area contributed by atoms with Gasteiger partial charge >= 0.3 is 11.9 Å². The van der Waals surface area contributed by atoms with E-state index in [4.69, 9.17) is 0 Å². The number of nitroso groups, excluding NO2 is 1. The third-order valence-electron chi connectivity index (χ3n) is 0.653. The van der Waals surface area contributed by atoms with Gasteiger partial charge in [0, 0.05) is 17.3 Å². The summed E-state index contributed by atoms with van der Waals surface area (Å²) in [5, 5.41) is 2.01. The summed E-state index contributed by atoms with van der Waals surface area (Å²) in [5.41, 5.74) is 0. The van der Waals surface area contributed by atoms with Crippen LogP contribution < -0.4 is 0 Å². The molecule has 0 unspecified atom stereocenters. The average molecular weight is 143 g/mol. The van der Waals surface area contributed by atoms with Crippen LogP contribution in [0, 0.1) is 4.91 Å². The largest absolute Gasteiger partial charge is 0.466 e. The highest BCUT2D eigenvalue weighted by Crippen LogP contribution is 1.80. The number of nitrogens with zero attached hydrogens (tertiary/aromatic N) is 1. The quantitative estimate of drug-likeness (QED) is 0.310. The van der Waals surface area contributed by atoms with Crippen LogP contribution in [0.1, 0.15) is 0 Å². The van der Waals surface area contributed by atoms with E-state index in [2.05, 4.69) is 4.74 Å². The van der Waals surface area contributed by atoms with Crippen LogP contribution >= 0.6 is 0 Å². The number of hydrogen-bond donors (Lipinski definition) is 0. The van der Waals surface area contributed by atoms with E-state index in [0.717, 1.165) is 19.3 Å². The maximum atomic E-state index is 10.2. The molecular weight excluding hydrogens is 138 g/mol. The van der Waals surface area contributed by atoms with Gasteiger partial charge in [-0.2, -0.15) is 0 Å². The minimum atomic E-state index is -1.01. The Morgan fingerprint density at radius 1 is 1.40 bits per heavy atom. The zero-order chi connectivity index (χ0) is 7.98.